The second-order valence-electron chi connectivity index (χ2n) is 7.38. The Bertz CT molecular complexity index is 1240. The van der Waals surface area contributed by atoms with Crippen molar-refractivity contribution >= 4 is 21.6 Å². The first kappa shape index (κ1) is 22.4. The molecule has 2 N–H and O–H groups in total. The Balaban J connectivity index is 1.42. The fourth-order valence-electron chi connectivity index (χ4n) is 3.00. The van der Waals surface area contributed by atoms with Crippen LogP contribution in [0.15, 0.2) is 65.7 Å². The third-order valence-corrected chi connectivity index (χ3v) is 6.30. The fourth-order valence-corrected chi connectivity index (χ4v) is 4.23. The molecule has 0 radical (unpaired) electrons. The van der Waals surface area contributed by atoms with Crippen molar-refractivity contribution in [1.82, 2.24) is 10.3 Å². The summed E-state index contributed by atoms with van der Waals surface area (Å²) in [5.74, 6) is 1.23. The summed E-state index contributed by atoms with van der Waals surface area (Å²) < 4.78 is 44.1. The van der Waals surface area contributed by atoms with Gasteiger partial charge in [-0.3, -0.25) is 9.52 Å². The summed E-state index contributed by atoms with van der Waals surface area (Å²) in [6.07, 6.45) is 3.40. The van der Waals surface area contributed by atoms with Crippen molar-refractivity contribution in [2.75, 3.05) is 18.9 Å². The van der Waals surface area contributed by atoms with Crippen LogP contribution in [0, 0.1) is 0 Å². The Hall–Kier alpha value is -3.79. The average molecular weight is 470 g/mol. The molecule has 1 heterocycles. The van der Waals surface area contributed by atoms with E-state index in [4.69, 9.17) is 14.2 Å². The van der Waals surface area contributed by atoms with Crippen molar-refractivity contribution < 1.29 is 27.4 Å². The highest BCUT2D eigenvalue weighted by Gasteiger charge is 2.24. The Morgan fingerprint density at radius 1 is 0.970 bits per heavy atom. The van der Waals surface area contributed by atoms with Gasteiger partial charge in [0.05, 0.1) is 26.1 Å². The third kappa shape index (κ3) is 5.53. The van der Waals surface area contributed by atoms with Crippen molar-refractivity contribution in [3.63, 3.8) is 0 Å². The number of benzene rings is 2. The first-order valence-electron chi connectivity index (χ1n) is 10.2. The molecule has 9 nitrogen and oxygen atoms in total. The topological polar surface area (TPSA) is 116 Å². The normalized spacial score (nSPS) is 13.2. The van der Waals surface area contributed by atoms with E-state index in [1.165, 1.54) is 44.7 Å². The number of methoxy groups -OCH3 is 2. The molecule has 1 saturated carbocycles. The molecule has 1 amide bonds. The van der Waals surface area contributed by atoms with Gasteiger partial charge in [-0.05, 0) is 55.3 Å². The van der Waals surface area contributed by atoms with Gasteiger partial charge in [0.2, 0.25) is 5.88 Å². The van der Waals surface area contributed by atoms with Crippen molar-refractivity contribution in [2.45, 2.75) is 23.8 Å². The van der Waals surface area contributed by atoms with Crippen LogP contribution in [0.1, 0.15) is 23.2 Å². The molecule has 1 fully saturated rings. The van der Waals surface area contributed by atoms with E-state index in [1.807, 2.05) is 0 Å². The lowest BCUT2D eigenvalue weighted by Crippen LogP contribution is -2.25. The predicted molar refractivity (Wildman–Crippen MR) is 122 cm³/mol. The molecule has 0 spiro atoms. The molecule has 33 heavy (non-hydrogen) atoms. The highest BCUT2D eigenvalue weighted by atomic mass is 32.2. The minimum atomic E-state index is -3.95. The second kappa shape index (κ2) is 9.37. The van der Waals surface area contributed by atoms with Gasteiger partial charge in [-0.2, -0.15) is 0 Å². The van der Waals surface area contributed by atoms with Gasteiger partial charge in [0.15, 0.2) is 0 Å². The van der Waals surface area contributed by atoms with Crippen LogP contribution in [0.5, 0.6) is 23.1 Å². The molecular weight excluding hydrogens is 446 g/mol. The number of anilines is 1. The van der Waals surface area contributed by atoms with E-state index in [0.717, 1.165) is 12.8 Å². The molecule has 0 bridgehead atoms. The Morgan fingerprint density at radius 3 is 2.30 bits per heavy atom. The molecule has 0 saturated heterocycles. The number of pyridine rings is 1. The number of amides is 1. The lowest BCUT2D eigenvalue weighted by Gasteiger charge is -2.13. The van der Waals surface area contributed by atoms with E-state index < -0.39 is 10.0 Å². The average Bonchev–Trinajstić information content (AvgIpc) is 3.64. The molecule has 0 unspecified atom stereocenters. The highest BCUT2D eigenvalue weighted by Crippen LogP contribution is 2.30. The van der Waals surface area contributed by atoms with E-state index in [-0.39, 0.29) is 28.1 Å². The maximum atomic E-state index is 12.8. The third-order valence-electron chi connectivity index (χ3n) is 4.90. The van der Waals surface area contributed by atoms with Crippen LogP contribution in [0.2, 0.25) is 0 Å². The summed E-state index contributed by atoms with van der Waals surface area (Å²) in [6.45, 7) is 0. The Morgan fingerprint density at radius 2 is 1.70 bits per heavy atom. The Labute approximate surface area is 191 Å². The van der Waals surface area contributed by atoms with Crippen LogP contribution in [0.3, 0.4) is 0 Å². The van der Waals surface area contributed by atoms with Gasteiger partial charge in [-0.25, -0.2) is 13.4 Å². The van der Waals surface area contributed by atoms with Gasteiger partial charge in [0.1, 0.15) is 22.1 Å². The quantitative estimate of drug-likeness (QED) is 0.492. The van der Waals surface area contributed by atoms with E-state index in [1.54, 1.807) is 30.3 Å². The van der Waals surface area contributed by atoms with E-state index in [0.29, 0.717) is 23.1 Å². The SMILES string of the molecule is COc1ccc(OC)c(S(=O)(=O)Nc2ccc(Oc3ccc(C(=O)NC4CC4)cc3)nc2)c1. The van der Waals surface area contributed by atoms with Crippen molar-refractivity contribution in [2.24, 2.45) is 0 Å². The van der Waals surface area contributed by atoms with Crippen molar-refractivity contribution in [3.05, 3.63) is 66.4 Å². The number of sulfonamides is 1. The Kier molecular flexibility index (Phi) is 6.36. The molecule has 3 aromatic rings. The van der Waals surface area contributed by atoms with Crippen LogP contribution in [-0.4, -0.2) is 39.6 Å². The van der Waals surface area contributed by atoms with Crippen molar-refractivity contribution in [1.29, 1.82) is 0 Å². The molecule has 4 rings (SSSR count). The zero-order valence-corrected chi connectivity index (χ0v) is 18.9. The van der Waals surface area contributed by atoms with Gasteiger partial charge >= 0.3 is 0 Å². The zero-order chi connectivity index (χ0) is 23.4. The summed E-state index contributed by atoms with van der Waals surface area (Å²) in [4.78, 5) is 16.1. The number of carbonyl (C=O) groups excluding carboxylic acids is 1. The number of nitrogens with zero attached hydrogens (tertiary/aromatic N) is 1. The molecule has 1 aromatic heterocycles. The number of hydrogen-bond acceptors (Lipinski definition) is 7. The van der Waals surface area contributed by atoms with Crippen LogP contribution in [-0.2, 0) is 10.0 Å². The van der Waals surface area contributed by atoms with E-state index in [9.17, 15) is 13.2 Å². The minimum Gasteiger partial charge on any atom is -0.497 e. The summed E-state index contributed by atoms with van der Waals surface area (Å²) in [5.41, 5.74) is 0.805. The molecule has 1 aliphatic carbocycles. The maximum Gasteiger partial charge on any atom is 0.265 e. The number of hydrogen-bond donors (Lipinski definition) is 2. The predicted octanol–water partition coefficient (Wildman–Crippen LogP) is 3.58. The van der Waals surface area contributed by atoms with Crippen LogP contribution >= 0.6 is 0 Å². The molecular formula is C23H23N3O6S. The van der Waals surface area contributed by atoms with Gasteiger partial charge in [0.25, 0.3) is 15.9 Å². The number of rotatable bonds is 9. The molecule has 1 aliphatic rings. The number of ether oxygens (including phenoxy) is 3. The summed E-state index contributed by atoms with van der Waals surface area (Å²) in [6, 6.07) is 14.6. The summed E-state index contributed by atoms with van der Waals surface area (Å²) in [7, 11) is -1.11. The largest absolute Gasteiger partial charge is 0.497 e. The van der Waals surface area contributed by atoms with E-state index in [2.05, 4.69) is 15.0 Å². The van der Waals surface area contributed by atoms with Crippen LogP contribution in [0.25, 0.3) is 0 Å². The second-order valence-corrected chi connectivity index (χ2v) is 9.03. The maximum absolute atomic E-state index is 12.8. The highest BCUT2D eigenvalue weighted by molar-refractivity contribution is 7.92. The lowest BCUT2D eigenvalue weighted by atomic mass is 10.2. The van der Waals surface area contributed by atoms with Gasteiger partial charge in [-0.15, -0.1) is 0 Å². The minimum absolute atomic E-state index is 0.0597. The fraction of sp³-hybridized carbons (Fsp3) is 0.217. The van der Waals surface area contributed by atoms with Gasteiger partial charge in [-0.1, -0.05) is 0 Å². The monoisotopic (exact) mass is 469 g/mol. The zero-order valence-electron chi connectivity index (χ0n) is 18.1. The summed E-state index contributed by atoms with van der Waals surface area (Å²) in [5, 5.41) is 2.93. The van der Waals surface area contributed by atoms with Crippen LogP contribution < -0.4 is 24.2 Å². The van der Waals surface area contributed by atoms with Crippen molar-refractivity contribution in [3.8, 4) is 23.1 Å². The molecule has 2 aromatic carbocycles. The van der Waals surface area contributed by atoms with E-state index >= 15 is 0 Å². The first-order valence-corrected chi connectivity index (χ1v) is 11.7. The van der Waals surface area contributed by atoms with Crippen LogP contribution in [0.4, 0.5) is 5.69 Å². The van der Waals surface area contributed by atoms with Gasteiger partial charge in [0, 0.05) is 23.7 Å². The van der Waals surface area contributed by atoms with Gasteiger partial charge < -0.3 is 19.5 Å². The molecule has 0 atom stereocenters. The standard InChI is InChI=1S/C23H23N3O6S/c1-30-19-10-11-20(31-2)21(13-19)33(28,29)26-17-7-12-22(24-14-17)32-18-8-3-15(4-9-18)23(27)25-16-5-6-16/h3-4,7-14,16,26H,5-6H2,1-2H3,(H,25,27). The molecule has 172 valence electrons. The smallest absolute Gasteiger partial charge is 0.265 e. The summed E-state index contributed by atoms with van der Waals surface area (Å²) >= 11 is 0. The first-order chi connectivity index (χ1) is 15.9. The number of aromatic nitrogens is 1. The number of nitrogens with one attached hydrogen (secondary N) is 2. The molecule has 10 heteroatoms. The lowest BCUT2D eigenvalue weighted by molar-refractivity contribution is 0.0951. The number of carbonyl (C=O) groups is 1. The molecule has 0 aliphatic heterocycles.